The highest BCUT2D eigenvalue weighted by Crippen LogP contribution is 2.35. The molecule has 0 N–H and O–H groups in total. The molecule has 0 bridgehead atoms. The normalized spacial score (nSPS) is 22.6. The number of thioether (sulfide) groups is 2. The molecule has 1 heterocycles. The van der Waals surface area contributed by atoms with Crippen molar-refractivity contribution in [3.8, 4) is 5.75 Å². The van der Waals surface area contributed by atoms with Crippen molar-refractivity contribution in [2.75, 3.05) is 18.6 Å². The van der Waals surface area contributed by atoms with Crippen LogP contribution in [0.25, 0.3) is 0 Å². The highest BCUT2D eigenvalue weighted by atomic mass is 79.9. The third-order valence-electron chi connectivity index (χ3n) is 3.39. The second-order valence-corrected chi connectivity index (χ2v) is 8.16. The van der Waals surface area contributed by atoms with Crippen molar-refractivity contribution < 1.29 is 9.53 Å². The number of ketones is 1. The summed E-state index contributed by atoms with van der Waals surface area (Å²) in [6, 6.07) is 5.79. The Bertz CT molecular complexity index is 479. The maximum atomic E-state index is 12.6. The standard InChI is InChI=1S/C15H19BrO2S2/c1-3-14-15(20-7-6-19-14)13(17)9-10-8-11(18-2)4-5-12(10)16/h4-5,8,14-15H,3,6-7,9H2,1-2H3. The van der Waals surface area contributed by atoms with E-state index in [0.717, 1.165) is 33.7 Å². The highest BCUT2D eigenvalue weighted by molar-refractivity contribution is 9.10. The molecule has 0 radical (unpaired) electrons. The van der Waals surface area contributed by atoms with E-state index in [-0.39, 0.29) is 5.25 Å². The molecule has 1 aromatic rings. The van der Waals surface area contributed by atoms with Gasteiger partial charge in [-0.15, -0.1) is 11.8 Å². The van der Waals surface area contributed by atoms with Crippen LogP contribution in [0.2, 0.25) is 0 Å². The molecule has 1 saturated heterocycles. The SMILES string of the molecule is CCC1SCCSC1C(=O)Cc1cc(OC)ccc1Br. The quantitative estimate of drug-likeness (QED) is 0.771. The Kier molecular flexibility index (Phi) is 6.30. The molecular weight excluding hydrogens is 356 g/mol. The van der Waals surface area contributed by atoms with E-state index in [1.807, 2.05) is 41.7 Å². The lowest BCUT2D eigenvalue weighted by Crippen LogP contribution is -2.33. The average molecular weight is 375 g/mol. The summed E-state index contributed by atoms with van der Waals surface area (Å²) in [7, 11) is 1.65. The van der Waals surface area contributed by atoms with Crippen LogP contribution in [-0.4, -0.2) is 34.9 Å². The van der Waals surface area contributed by atoms with Crippen molar-refractivity contribution in [1.82, 2.24) is 0 Å². The molecule has 2 rings (SSSR count). The zero-order chi connectivity index (χ0) is 14.5. The topological polar surface area (TPSA) is 26.3 Å². The first-order valence-electron chi connectivity index (χ1n) is 6.74. The van der Waals surface area contributed by atoms with Crippen LogP contribution in [0, 0.1) is 0 Å². The van der Waals surface area contributed by atoms with Crippen LogP contribution in [0.15, 0.2) is 22.7 Å². The van der Waals surface area contributed by atoms with E-state index in [1.54, 1.807) is 7.11 Å². The second-order valence-electron chi connectivity index (χ2n) is 4.71. The zero-order valence-corrected chi connectivity index (χ0v) is 14.9. The van der Waals surface area contributed by atoms with Crippen LogP contribution in [0.1, 0.15) is 18.9 Å². The second kappa shape index (κ2) is 7.76. The van der Waals surface area contributed by atoms with Gasteiger partial charge < -0.3 is 4.74 Å². The first kappa shape index (κ1) is 16.2. The minimum Gasteiger partial charge on any atom is -0.497 e. The van der Waals surface area contributed by atoms with Crippen molar-refractivity contribution >= 4 is 45.2 Å². The Labute approximate surface area is 137 Å². The number of carbonyl (C=O) groups is 1. The Morgan fingerprint density at radius 2 is 2.15 bits per heavy atom. The maximum absolute atomic E-state index is 12.6. The zero-order valence-electron chi connectivity index (χ0n) is 11.7. The molecule has 1 fully saturated rings. The minimum atomic E-state index is 0.136. The number of methoxy groups -OCH3 is 1. The van der Waals surface area contributed by atoms with E-state index in [1.165, 1.54) is 0 Å². The van der Waals surface area contributed by atoms with Gasteiger partial charge in [-0.3, -0.25) is 4.79 Å². The fourth-order valence-electron chi connectivity index (χ4n) is 2.30. The van der Waals surface area contributed by atoms with Crippen LogP contribution in [0.3, 0.4) is 0 Å². The summed E-state index contributed by atoms with van der Waals surface area (Å²) in [5.41, 5.74) is 1.01. The van der Waals surface area contributed by atoms with Gasteiger partial charge in [0.15, 0.2) is 5.78 Å². The Hall–Kier alpha value is -0.130. The highest BCUT2D eigenvalue weighted by Gasteiger charge is 2.30. The molecule has 0 saturated carbocycles. The van der Waals surface area contributed by atoms with Crippen LogP contribution >= 0.6 is 39.5 Å². The fraction of sp³-hybridized carbons (Fsp3) is 0.533. The van der Waals surface area contributed by atoms with Crippen molar-refractivity contribution in [2.45, 2.75) is 30.3 Å². The molecule has 110 valence electrons. The summed E-state index contributed by atoms with van der Waals surface area (Å²) in [4.78, 5) is 12.6. The molecule has 0 aromatic heterocycles. The van der Waals surface area contributed by atoms with E-state index in [4.69, 9.17) is 4.74 Å². The largest absolute Gasteiger partial charge is 0.497 e. The summed E-state index contributed by atoms with van der Waals surface area (Å²) >= 11 is 7.29. The Morgan fingerprint density at radius 1 is 1.40 bits per heavy atom. The molecule has 20 heavy (non-hydrogen) atoms. The third-order valence-corrected chi connectivity index (χ3v) is 7.46. The maximum Gasteiger partial charge on any atom is 0.151 e. The average Bonchev–Trinajstić information content (AvgIpc) is 2.49. The van der Waals surface area contributed by atoms with Gasteiger partial charge in [0.25, 0.3) is 0 Å². The number of halogens is 1. The lowest BCUT2D eigenvalue weighted by atomic mass is 10.0. The van der Waals surface area contributed by atoms with E-state index in [0.29, 0.717) is 17.5 Å². The van der Waals surface area contributed by atoms with E-state index >= 15 is 0 Å². The number of ether oxygens (including phenoxy) is 1. The van der Waals surface area contributed by atoms with E-state index < -0.39 is 0 Å². The summed E-state index contributed by atoms with van der Waals surface area (Å²) in [6.45, 7) is 2.17. The predicted octanol–water partition coefficient (Wildman–Crippen LogP) is 4.20. The number of Topliss-reactive ketones (excluding diaryl/α,β-unsaturated/α-hetero) is 1. The van der Waals surface area contributed by atoms with Crippen molar-refractivity contribution in [1.29, 1.82) is 0 Å². The first-order valence-corrected chi connectivity index (χ1v) is 9.63. The van der Waals surface area contributed by atoms with E-state index in [9.17, 15) is 4.79 Å². The third kappa shape index (κ3) is 3.95. The molecule has 2 nitrogen and oxygen atoms in total. The van der Waals surface area contributed by atoms with Gasteiger partial charge in [0.1, 0.15) is 5.75 Å². The monoisotopic (exact) mass is 374 g/mol. The minimum absolute atomic E-state index is 0.136. The molecular formula is C15H19BrO2S2. The molecule has 5 heteroatoms. The first-order chi connectivity index (χ1) is 9.65. The lowest BCUT2D eigenvalue weighted by molar-refractivity contribution is -0.117. The van der Waals surface area contributed by atoms with Gasteiger partial charge in [-0.05, 0) is 30.2 Å². The van der Waals surface area contributed by atoms with Crippen LogP contribution in [-0.2, 0) is 11.2 Å². The summed E-state index contributed by atoms with van der Waals surface area (Å²) in [6.07, 6.45) is 1.54. The molecule has 2 atom stereocenters. The lowest BCUT2D eigenvalue weighted by Gasteiger charge is -2.28. The molecule has 2 unspecified atom stereocenters. The molecule has 1 aromatic carbocycles. The van der Waals surface area contributed by atoms with Crippen molar-refractivity contribution in [2.24, 2.45) is 0 Å². The molecule has 0 spiro atoms. The van der Waals surface area contributed by atoms with E-state index in [2.05, 4.69) is 22.9 Å². The number of hydrogen-bond acceptors (Lipinski definition) is 4. The summed E-state index contributed by atoms with van der Waals surface area (Å²) in [5, 5.41) is 0.600. The van der Waals surface area contributed by atoms with Crippen molar-refractivity contribution in [3.63, 3.8) is 0 Å². The number of rotatable bonds is 5. The molecule has 1 aliphatic heterocycles. The number of hydrogen-bond donors (Lipinski definition) is 0. The van der Waals surface area contributed by atoms with Gasteiger partial charge >= 0.3 is 0 Å². The smallest absolute Gasteiger partial charge is 0.151 e. The van der Waals surface area contributed by atoms with Gasteiger partial charge in [-0.1, -0.05) is 22.9 Å². The van der Waals surface area contributed by atoms with Crippen molar-refractivity contribution in [3.05, 3.63) is 28.2 Å². The number of benzene rings is 1. The van der Waals surface area contributed by atoms with Gasteiger partial charge in [0.05, 0.1) is 12.4 Å². The Morgan fingerprint density at radius 3 is 2.85 bits per heavy atom. The van der Waals surface area contributed by atoms with Gasteiger partial charge in [0, 0.05) is 27.6 Å². The molecule has 0 aliphatic carbocycles. The van der Waals surface area contributed by atoms with Crippen LogP contribution in [0.4, 0.5) is 0 Å². The van der Waals surface area contributed by atoms with Gasteiger partial charge in [0.2, 0.25) is 0 Å². The van der Waals surface area contributed by atoms with Crippen LogP contribution < -0.4 is 4.74 Å². The number of carbonyl (C=O) groups excluding carboxylic acids is 1. The van der Waals surface area contributed by atoms with Crippen LogP contribution in [0.5, 0.6) is 5.75 Å². The summed E-state index contributed by atoms with van der Waals surface area (Å²) in [5.74, 6) is 3.38. The summed E-state index contributed by atoms with van der Waals surface area (Å²) < 4.78 is 6.22. The van der Waals surface area contributed by atoms with Gasteiger partial charge in [-0.2, -0.15) is 11.8 Å². The predicted molar refractivity (Wildman–Crippen MR) is 92.2 cm³/mol. The Balaban J connectivity index is 2.10. The fourth-order valence-corrected chi connectivity index (χ4v) is 5.73. The molecule has 1 aliphatic rings. The van der Waals surface area contributed by atoms with Gasteiger partial charge in [-0.25, -0.2) is 0 Å². The molecule has 0 amide bonds.